The highest BCUT2D eigenvalue weighted by Crippen LogP contribution is 2.28. The maximum atomic E-state index is 11.2. The van der Waals surface area contributed by atoms with Crippen LogP contribution in [0.25, 0.3) is 0 Å². The van der Waals surface area contributed by atoms with Gasteiger partial charge in [-0.3, -0.25) is 9.69 Å². The monoisotopic (exact) mass is 339 g/mol. The van der Waals surface area contributed by atoms with E-state index in [2.05, 4.69) is 38.3 Å². The summed E-state index contributed by atoms with van der Waals surface area (Å²) in [5.41, 5.74) is 7.42. The number of hydrogen-bond donors (Lipinski definition) is 2. The largest absolute Gasteiger partial charge is 0.352 e. The Labute approximate surface area is 128 Å². The second-order valence-corrected chi connectivity index (χ2v) is 6.45. The molecule has 3 unspecified atom stereocenters. The Morgan fingerprint density at radius 2 is 2.10 bits per heavy atom. The number of carbonyl (C=O) groups is 1. The fourth-order valence-corrected chi connectivity index (χ4v) is 3.22. The third-order valence-corrected chi connectivity index (χ3v) is 4.26. The summed E-state index contributed by atoms with van der Waals surface area (Å²) in [5.74, 6) is 0.0397. The van der Waals surface area contributed by atoms with Crippen LogP contribution in [0.4, 0.5) is 0 Å². The average molecular weight is 340 g/mol. The molecule has 1 aliphatic rings. The fourth-order valence-electron chi connectivity index (χ4n) is 2.95. The van der Waals surface area contributed by atoms with Crippen LogP contribution in [0.5, 0.6) is 0 Å². The molecule has 1 heterocycles. The molecule has 0 radical (unpaired) electrons. The van der Waals surface area contributed by atoms with Crippen LogP contribution in [-0.4, -0.2) is 36.0 Å². The van der Waals surface area contributed by atoms with E-state index in [4.69, 9.17) is 5.73 Å². The van der Waals surface area contributed by atoms with E-state index in [0.717, 1.165) is 24.0 Å². The first-order valence-electron chi connectivity index (χ1n) is 6.99. The van der Waals surface area contributed by atoms with Gasteiger partial charge in [-0.1, -0.05) is 28.1 Å². The van der Waals surface area contributed by atoms with Crippen molar-refractivity contribution in [2.45, 2.75) is 38.4 Å². The molecular formula is C15H22BrN3O. The molecule has 20 heavy (non-hydrogen) atoms. The molecule has 0 bridgehead atoms. The summed E-state index contributed by atoms with van der Waals surface area (Å²) in [6, 6.07) is 8.81. The van der Waals surface area contributed by atoms with Gasteiger partial charge in [0.05, 0.1) is 0 Å². The van der Waals surface area contributed by atoms with E-state index in [9.17, 15) is 4.79 Å². The molecule has 4 nitrogen and oxygen atoms in total. The molecule has 1 saturated heterocycles. The Bertz CT molecular complexity index is 461. The van der Waals surface area contributed by atoms with E-state index in [1.807, 2.05) is 19.1 Å². The summed E-state index contributed by atoms with van der Waals surface area (Å²) in [6.45, 7) is 5.44. The molecule has 110 valence electrons. The van der Waals surface area contributed by atoms with Crippen molar-refractivity contribution in [3.05, 3.63) is 34.3 Å². The molecule has 1 aliphatic heterocycles. The lowest BCUT2D eigenvalue weighted by Crippen LogP contribution is -2.41. The third-order valence-electron chi connectivity index (χ3n) is 3.73. The Balaban J connectivity index is 2.10. The summed E-state index contributed by atoms with van der Waals surface area (Å²) < 4.78 is 1.07. The fraction of sp³-hybridized carbons (Fsp3) is 0.533. The molecule has 1 aromatic rings. The maximum Gasteiger partial charge on any atom is 0.217 e. The number of halogens is 1. The maximum absolute atomic E-state index is 11.2. The first kappa shape index (κ1) is 15.5. The van der Waals surface area contributed by atoms with Crippen molar-refractivity contribution in [2.24, 2.45) is 5.73 Å². The lowest BCUT2D eigenvalue weighted by atomic mass is 10.00. The first-order chi connectivity index (χ1) is 9.47. The van der Waals surface area contributed by atoms with E-state index >= 15 is 0 Å². The zero-order valence-corrected chi connectivity index (χ0v) is 13.6. The predicted molar refractivity (Wildman–Crippen MR) is 84.3 cm³/mol. The van der Waals surface area contributed by atoms with Gasteiger partial charge in [-0.15, -0.1) is 0 Å². The summed E-state index contributed by atoms with van der Waals surface area (Å²) in [5, 5.41) is 3.00. The highest BCUT2D eigenvalue weighted by molar-refractivity contribution is 9.10. The highest BCUT2D eigenvalue weighted by atomic mass is 79.9. The normalized spacial score (nSPS) is 22.5. The molecule has 5 heteroatoms. The molecule has 3 atom stereocenters. The van der Waals surface area contributed by atoms with Crippen molar-refractivity contribution >= 4 is 21.8 Å². The van der Waals surface area contributed by atoms with Crippen molar-refractivity contribution in [3.8, 4) is 0 Å². The van der Waals surface area contributed by atoms with Crippen LogP contribution in [0.1, 0.15) is 31.9 Å². The number of likely N-dealkylation sites (tertiary alicyclic amines) is 1. The molecule has 2 rings (SSSR count). The molecule has 3 N–H and O–H groups in total. The second kappa shape index (κ2) is 6.70. The van der Waals surface area contributed by atoms with E-state index in [0.29, 0.717) is 0 Å². The van der Waals surface area contributed by atoms with E-state index in [-0.39, 0.29) is 24.0 Å². The number of carbonyl (C=O) groups excluding carboxylic acids is 1. The number of nitrogens with two attached hydrogens (primary N) is 1. The van der Waals surface area contributed by atoms with Crippen molar-refractivity contribution < 1.29 is 4.79 Å². The van der Waals surface area contributed by atoms with Gasteiger partial charge in [0, 0.05) is 42.6 Å². The van der Waals surface area contributed by atoms with Crippen LogP contribution in [-0.2, 0) is 4.79 Å². The number of hydrogen-bond acceptors (Lipinski definition) is 3. The van der Waals surface area contributed by atoms with Crippen LogP contribution in [0, 0.1) is 0 Å². The van der Waals surface area contributed by atoms with E-state index in [1.165, 1.54) is 5.56 Å². The number of nitrogens with one attached hydrogen (secondary N) is 1. The molecule has 0 aliphatic carbocycles. The van der Waals surface area contributed by atoms with Crippen molar-refractivity contribution in [1.82, 2.24) is 10.2 Å². The molecule has 0 aromatic heterocycles. The zero-order chi connectivity index (χ0) is 14.7. The Kier molecular flexibility index (Phi) is 5.18. The van der Waals surface area contributed by atoms with Crippen LogP contribution >= 0.6 is 15.9 Å². The third kappa shape index (κ3) is 3.81. The highest BCUT2D eigenvalue weighted by Gasteiger charge is 2.31. The predicted octanol–water partition coefficient (Wildman–Crippen LogP) is 2.05. The molecule has 1 fully saturated rings. The average Bonchev–Trinajstić information content (AvgIpc) is 2.79. The lowest BCUT2D eigenvalue weighted by Gasteiger charge is -2.31. The summed E-state index contributed by atoms with van der Waals surface area (Å²) in [7, 11) is 0. The van der Waals surface area contributed by atoms with Gasteiger partial charge < -0.3 is 11.1 Å². The lowest BCUT2D eigenvalue weighted by molar-refractivity contribution is -0.119. The minimum absolute atomic E-state index is 0.0397. The standard InChI is InChI=1S/C15H22BrN3O/c1-10(17)15(12-3-5-13(16)6-4-12)19-8-7-14(9-19)18-11(2)20/h3-6,10,14-15H,7-9,17H2,1-2H3,(H,18,20). The van der Waals surface area contributed by atoms with Gasteiger partial charge in [-0.25, -0.2) is 0 Å². The Hall–Kier alpha value is -0.910. The van der Waals surface area contributed by atoms with Crippen molar-refractivity contribution in [3.63, 3.8) is 0 Å². The van der Waals surface area contributed by atoms with Crippen molar-refractivity contribution in [1.29, 1.82) is 0 Å². The minimum Gasteiger partial charge on any atom is -0.352 e. The van der Waals surface area contributed by atoms with Gasteiger partial charge in [0.15, 0.2) is 0 Å². The summed E-state index contributed by atoms with van der Waals surface area (Å²) in [6.07, 6.45) is 0.985. The van der Waals surface area contributed by atoms with E-state index < -0.39 is 0 Å². The first-order valence-corrected chi connectivity index (χ1v) is 7.79. The molecule has 1 amide bonds. The van der Waals surface area contributed by atoms with Crippen LogP contribution in [0.2, 0.25) is 0 Å². The number of benzene rings is 1. The van der Waals surface area contributed by atoms with Crippen LogP contribution in [0.15, 0.2) is 28.7 Å². The van der Waals surface area contributed by atoms with Gasteiger partial charge in [0.2, 0.25) is 5.91 Å². The molecule has 1 aromatic carbocycles. The number of nitrogens with zero attached hydrogens (tertiary/aromatic N) is 1. The minimum atomic E-state index is 0.0397. The van der Waals surface area contributed by atoms with Gasteiger partial charge in [-0.2, -0.15) is 0 Å². The van der Waals surface area contributed by atoms with Gasteiger partial charge in [0.1, 0.15) is 0 Å². The molecule has 0 saturated carbocycles. The van der Waals surface area contributed by atoms with Gasteiger partial charge >= 0.3 is 0 Å². The number of rotatable bonds is 4. The zero-order valence-electron chi connectivity index (χ0n) is 12.0. The summed E-state index contributed by atoms with van der Waals surface area (Å²) in [4.78, 5) is 13.5. The quantitative estimate of drug-likeness (QED) is 0.882. The van der Waals surface area contributed by atoms with Crippen LogP contribution in [0.3, 0.4) is 0 Å². The van der Waals surface area contributed by atoms with Crippen LogP contribution < -0.4 is 11.1 Å². The number of amides is 1. The van der Waals surface area contributed by atoms with Gasteiger partial charge in [0.25, 0.3) is 0 Å². The van der Waals surface area contributed by atoms with Gasteiger partial charge in [-0.05, 0) is 31.0 Å². The summed E-state index contributed by atoms with van der Waals surface area (Å²) >= 11 is 3.46. The SMILES string of the molecule is CC(=O)NC1CCN(C(c2ccc(Br)cc2)C(C)N)C1. The molecular weight excluding hydrogens is 318 g/mol. The van der Waals surface area contributed by atoms with E-state index in [1.54, 1.807) is 6.92 Å². The van der Waals surface area contributed by atoms with Crippen molar-refractivity contribution in [2.75, 3.05) is 13.1 Å². The smallest absolute Gasteiger partial charge is 0.217 e. The topological polar surface area (TPSA) is 58.4 Å². The Morgan fingerprint density at radius 3 is 2.65 bits per heavy atom. The second-order valence-electron chi connectivity index (χ2n) is 5.54. The molecule has 0 spiro atoms. The Morgan fingerprint density at radius 1 is 1.45 bits per heavy atom.